The number of benzene rings is 2. The first-order valence-electron chi connectivity index (χ1n) is 10.4. The molecule has 0 saturated heterocycles. The Kier molecular flexibility index (Phi) is 3.79. The summed E-state index contributed by atoms with van der Waals surface area (Å²) < 4.78 is 4.26. The third kappa shape index (κ3) is 2.23. The van der Waals surface area contributed by atoms with Gasteiger partial charge in [-0.25, -0.2) is 23.5 Å². The molecule has 0 bridgehead atoms. The van der Waals surface area contributed by atoms with E-state index in [1.807, 2.05) is 88.4 Å². The summed E-state index contributed by atoms with van der Waals surface area (Å²) in [5.74, 6) is 0. The van der Waals surface area contributed by atoms with Crippen LogP contribution in [0.1, 0.15) is 38.8 Å². The lowest BCUT2D eigenvalue weighted by molar-refractivity contribution is 0.188. The molecule has 0 fully saturated rings. The molecule has 7 heteroatoms. The second-order valence-electron chi connectivity index (χ2n) is 9.23. The molecule has 2 aliphatic rings. The molecule has 5 rings (SSSR count). The van der Waals surface area contributed by atoms with Gasteiger partial charge >= 0.3 is 11.4 Å². The van der Waals surface area contributed by atoms with Crippen molar-refractivity contribution < 1.29 is 0 Å². The maximum atomic E-state index is 13.2. The predicted octanol–water partition coefficient (Wildman–Crippen LogP) is 3.50. The summed E-state index contributed by atoms with van der Waals surface area (Å²) in [6, 6.07) is 20.1. The minimum atomic E-state index is -0.894. The van der Waals surface area contributed by atoms with Crippen molar-refractivity contribution in [2.75, 3.05) is 0 Å². The number of fused-ring (bicyclic) bond motifs is 1. The minimum Gasteiger partial charge on any atom is -0.246 e. The number of azo groups is 1. The zero-order chi connectivity index (χ0) is 22.2. The van der Waals surface area contributed by atoms with Gasteiger partial charge in [0.1, 0.15) is 5.54 Å². The summed E-state index contributed by atoms with van der Waals surface area (Å²) in [7, 11) is 1.52. The first-order valence-corrected chi connectivity index (χ1v) is 10.4. The van der Waals surface area contributed by atoms with Crippen molar-refractivity contribution in [1.29, 1.82) is 0 Å². The van der Waals surface area contributed by atoms with Crippen molar-refractivity contribution in [3.05, 3.63) is 104 Å². The molecule has 3 heterocycles. The van der Waals surface area contributed by atoms with Gasteiger partial charge in [0.25, 0.3) is 0 Å². The second kappa shape index (κ2) is 6.03. The van der Waals surface area contributed by atoms with Crippen LogP contribution in [-0.4, -0.2) is 13.9 Å². The largest absolute Gasteiger partial charge is 0.347 e. The summed E-state index contributed by atoms with van der Waals surface area (Å²) in [5.41, 5.74) is 0.271. The van der Waals surface area contributed by atoms with Crippen molar-refractivity contribution in [3.8, 4) is 0 Å². The molecule has 2 aliphatic heterocycles. The Morgan fingerprint density at radius 2 is 1.16 bits per heavy atom. The van der Waals surface area contributed by atoms with E-state index in [2.05, 4.69) is 0 Å². The Balaban J connectivity index is 1.94. The highest BCUT2D eigenvalue weighted by Gasteiger charge is 2.58. The second-order valence-corrected chi connectivity index (χ2v) is 9.23. The summed E-state index contributed by atoms with van der Waals surface area (Å²) in [5, 5.41) is 9.61. The number of hydrogen-bond acceptors (Lipinski definition) is 4. The van der Waals surface area contributed by atoms with Gasteiger partial charge in [-0.05, 0) is 38.8 Å². The molecule has 3 aromatic rings. The van der Waals surface area contributed by atoms with Crippen LogP contribution in [0.3, 0.4) is 0 Å². The Labute approximate surface area is 180 Å². The van der Waals surface area contributed by atoms with E-state index in [1.165, 1.54) is 11.7 Å². The molecule has 0 radical (unpaired) electrons. The van der Waals surface area contributed by atoms with E-state index in [1.54, 1.807) is 4.68 Å². The van der Waals surface area contributed by atoms with Crippen LogP contribution in [0, 0.1) is 0 Å². The van der Waals surface area contributed by atoms with Crippen molar-refractivity contribution >= 4 is 0 Å². The number of nitrogens with zero attached hydrogens (tertiary/aromatic N) is 5. The van der Waals surface area contributed by atoms with E-state index in [-0.39, 0.29) is 11.4 Å². The van der Waals surface area contributed by atoms with E-state index >= 15 is 0 Å². The van der Waals surface area contributed by atoms with Crippen molar-refractivity contribution in [2.45, 2.75) is 44.3 Å². The van der Waals surface area contributed by atoms with Gasteiger partial charge in [-0.15, -0.1) is 0 Å². The Hall–Kier alpha value is -3.48. The minimum absolute atomic E-state index is 0.350. The summed E-state index contributed by atoms with van der Waals surface area (Å²) in [6.07, 6.45) is 0. The fourth-order valence-electron chi connectivity index (χ4n) is 5.21. The highest BCUT2D eigenvalue weighted by molar-refractivity contribution is 5.55. The topological polar surface area (TPSA) is 73.7 Å². The lowest BCUT2D eigenvalue weighted by atomic mass is 9.68. The van der Waals surface area contributed by atoms with Gasteiger partial charge in [-0.2, -0.15) is 10.2 Å². The molecule has 7 nitrogen and oxygen atoms in total. The molecule has 2 aromatic carbocycles. The monoisotopic (exact) mass is 415 g/mol. The zero-order valence-corrected chi connectivity index (χ0v) is 18.3. The van der Waals surface area contributed by atoms with Crippen LogP contribution in [0.25, 0.3) is 0 Å². The maximum absolute atomic E-state index is 13.2. The van der Waals surface area contributed by atoms with E-state index in [0.717, 1.165) is 27.0 Å². The van der Waals surface area contributed by atoms with Gasteiger partial charge < -0.3 is 0 Å². The molecule has 0 unspecified atom stereocenters. The van der Waals surface area contributed by atoms with Crippen LogP contribution >= 0.6 is 0 Å². The van der Waals surface area contributed by atoms with E-state index < -0.39 is 16.6 Å². The van der Waals surface area contributed by atoms with Crippen molar-refractivity contribution in [1.82, 2.24) is 13.9 Å². The molecule has 0 aliphatic carbocycles. The predicted molar refractivity (Wildman–Crippen MR) is 118 cm³/mol. The van der Waals surface area contributed by atoms with Crippen LogP contribution < -0.4 is 11.4 Å². The number of hydrogen-bond donors (Lipinski definition) is 0. The van der Waals surface area contributed by atoms with Crippen LogP contribution in [0.2, 0.25) is 0 Å². The molecule has 31 heavy (non-hydrogen) atoms. The normalized spacial score (nSPS) is 19.9. The first kappa shape index (κ1) is 19.5. The summed E-state index contributed by atoms with van der Waals surface area (Å²) in [4.78, 5) is 26.3. The van der Waals surface area contributed by atoms with E-state index in [0.29, 0.717) is 0 Å². The number of rotatable bonds is 2. The molecule has 158 valence electrons. The van der Waals surface area contributed by atoms with E-state index in [9.17, 15) is 9.59 Å². The van der Waals surface area contributed by atoms with E-state index in [4.69, 9.17) is 10.2 Å². The average Bonchev–Trinajstić information content (AvgIpc) is 3.29. The molecule has 0 atom stereocenters. The van der Waals surface area contributed by atoms with Crippen molar-refractivity contribution in [2.24, 2.45) is 17.3 Å². The third-order valence-electron chi connectivity index (χ3n) is 6.67. The Morgan fingerprint density at radius 3 is 1.65 bits per heavy atom. The molecule has 1 aromatic heterocycles. The average molecular weight is 415 g/mol. The standard InChI is InChI=1S/C24H25N5O2/c1-22(2)18-19(23(3,4)29-21(31)27(5)20(30)28(22)29)25-26-24(18,16-12-8-6-9-13-16)17-14-10-7-11-15-17/h6-15H,1-5H3. The molecular formula is C24H25N5O2. The van der Waals surface area contributed by atoms with Crippen molar-refractivity contribution in [3.63, 3.8) is 0 Å². The quantitative estimate of drug-likeness (QED) is 0.643. The first-order chi connectivity index (χ1) is 14.6. The fourth-order valence-corrected chi connectivity index (χ4v) is 5.21. The number of aromatic nitrogens is 3. The van der Waals surface area contributed by atoms with Gasteiger partial charge in [0, 0.05) is 12.6 Å². The molecule has 0 saturated carbocycles. The highest BCUT2D eigenvalue weighted by Crippen LogP contribution is 2.56. The van der Waals surface area contributed by atoms with Gasteiger partial charge in [0.05, 0.1) is 11.2 Å². The lowest BCUT2D eigenvalue weighted by Crippen LogP contribution is -2.55. The van der Waals surface area contributed by atoms with Gasteiger partial charge in [0.15, 0.2) is 5.54 Å². The van der Waals surface area contributed by atoms with Crippen LogP contribution in [0.5, 0.6) is 0 Å². The molecule has 0 spiro atoms. The van der Waals surface area contributed by atoms with Gasteiger partial charge in [-0.3, -0.25) is 0 Å². The summed E-state index contributed by atoms with van der Waals surface area (Å²) in [6.45, 7) is 7.76. The van der Waals surface area contributed by atoms with Crippen LogP contribution in [0.15, 0.2) is 91.8 Å². The SMILES string of the molecule is Cn1c(=O)n2n(c1=O)C(C)(C)C1=C(N=NC1(c1ccccc1)c1ccccc1)C2(C)C. The maximum Gasteiger partial charge on any atom is 0.347 e. The zero-order valence-electron chi connectivity index (χ0n) is 18.3. The molecular weight excluding hydrogens is 390 g/mol. The smallest absolute Gasteiger partial charge is 0.246 e. The third-order valence-corrected chi connectivity index (χ3v) is 6.67. The summed E-state index contributed by atoms with van der Waals surface area (Å²) >= 11 is 0. The fraction of sp³-hybridized carbons (Fsp3) is 0.333. The molecule has 0 N–H and O–H groups in total. The van der Waals surface area contributed by atoms with Gasteiger partial charge in [0.2, 0.25) is 0 Å². The Bertz CT molecular complexity index is 1330. The number of allylic oxidation sites excluding steroid dienone is 1. The Morgan fingerprint density at radius 1 is 0.710 bits per heavy atom. The lowest BCUT2D eigenvalue weighted by Gasteiger charge is -2.45. The van der Waals surface area contributed by atoms with Crippen LogP contribution in [0.4, 0.5) is 0 Å². The highest BCUT2D eigenvalue weighted by atomic mass is 16.2. The van der Waals surface area contributed by atoms with Gasteiger partial charge in [-0.1, -0.05) is 60.7 Å². The molecule has 0 amide bonds. The van der Waals surface area contributed by atoms with Crippen LogP contribution in [-0.2, 0) is 23.7 Å².